The number of likely N-dealkylation sites (N-methyl/N-ethyl adjacent to an activating group) is 1. The Morgan fingerprint density at radius 1 is 1.03 bits per heavy atom. The van der Waals surface area contributed by atoms with E-state index in [1.54, 1.807) is 33.0 Å². The van der Waals surface area contributed by atoms with Crippen LogP contribution >= 0.6 is 0 Å². The number of hydrogen-bond donors (Lipinski definition) is 1. The summed E-state index contributed by atoms with van der Waals surface area (Å²) in [6.07, 6.45) is 0.145. The number of carbonyl (C=O) groups excluding carboxylic acids is 3. The molecule has 0 aliphatic rings. The number of esters is 1. The minimum atomic E-state index is -0.859. The highest BCUT2D eigenvalue weighted by Gasteiger charge is 2.26. The van der Waals surface area contributed by atoms with Gasteiger partial charge in [-0.25, -0.2) is 9.18 Å². The summed E-state index contributed by atoms with van der Waals surface area (Å²) in [7, 11) is 1.54. The highest BCUT2D eigenvalue weighted by atomic mass is 19.1. The molecule has 2 rings (SSSR count). The minimum Gasteiger partial charge on any atom is -0.454 e. The van der Waals surface area contributed by atoms with Gasteiger partial charge >= 0.3 is 5.97 Å². The highest BCUT2D eigenvalue weighted by molar-refractivity contribution is 5.87. The van der Waals surface area contributed by atoms with Gasteiger partial charge in [0.2, 0.25) is 5.91 Å². The molecule has 0 heterocycles. The molecule has 0 radical (unpaired) electrons. The SMILES string of the molecule is CC(C)C(NC(=O)Cc1ccccc1)C(=O)OCC(=O)N(C)Cc1cccc(F)c1. The maximum absolute atomic E-state index is 13.3. The van der Waals surface area contributed by atoms with Crippen LogP contribution in [0.3, 0.4) is 0 Å². The second-order valence-electron chi connectivity index (χ2n) is 7.44. The van der Waals surface area contributed by atoms with Crippen LogP contribution in [0, 0.1) is 11.7 Å². The molecule has 160 valence electrons. The fraction of sp³-hybridized carbons (Fsp3) is 0.348. The maximum atomic E-state index is 13.3. The van der Waals surface area contributed by atoms with Crippen molar-refractivity contribution in [3.8, 4) is 0 Å². The molecule has 2 aromatic rings. The van der Waals surface area contributed by atoms with Crippen LogP contribution in [0.5, 0.6) is 0 Å². The number of amides is 2. The predicted octanol–water partition coefficient (Wildman–Crippen LogP) is 2.71. The molecule has 2 amide bonds. The van der Waals surface area contributed by atoms with E-state index >= 15 is 0 Å². The zero-order valence-corrected chi connectivity index (χ0v) is 17.4. The van der Waals surface area contributed by atoms with E-state index in [-0.39, 0.29) is 30.6 Å². The van der Waals surface area contributed by atoms with E-state index in [9.17, 15) is 18.8 Å². The van der Waals surface area contributed by atoms with Crippen LogP contribution in [-0.4, -0.2) is 42.4 Å². The van der Waals surface area contributed by atoms with Crippen LogP contribution in [0.15, 0.2) is 54.6 Å². The summed E-state index contributed by atoms with van der Waals surface area (Å²) < 4.78 is 18.4. The molecule has 7 heteroatoms. The van der Waals surface area contributed by atoms with Gasteiger partial charge in [-0.15, -0.1) is 0 Å². The molecule has 30 heavy (non-hydrogen) atoms. The van der Waals surface area contributed by atoms with Gasteiger partial charge < -0.3 is 15.0 Å². The molecule has 0 saturated heterocycles. The molecule has 0 bridgehead atoms. The Labute approximate surface area is 176 Å². The first-order valence-corrected chi connectivity index (χ1v) is 9.74. The van der Waals surface area contributed by atoms with Gasteiger partial charge in [-0.1, -0.05) is 56.3 Å². The van der Waals surface area contributed by atoms with Crippen molar-refractivity contribution in [1.82, 2.24) is 10.2 Å². The molecule has 0 spiro atoms. The van der Waals surface area contributed by atoms with Crippen molar-refractivity contribution in [1.29, 1.82) is 0 Å². The van der Waals surface area contributed by atoms with Crippen LogP contribution in [0.2, 0.25) is 0 Å². The summed E-state index contributed by atoms with van der Waals surface area (Å²) in [5.74, 6) is -1.99. The fourth-order valence-corrected chi connectivity index (χ4v) is 2.83. The van der Waals surface area contributed by atoms with Crippen molar-refractivity contribution in [2.24, 2.45) is 5.92 Å². The lowest BCUT2D eigenvalue weighted by Crippen LogP contribution is -2.46. The van der Waals surface area contributed by atoms with E-state index < -0.39 is 24.5 Å². The second kappa shape index (κ2) is 11.1. The van der Waals surface area contributed by atoms with Crippen LogP contribution in [0.4, 0.5) is 4.39 Å². The average molecular weight is 414 g/mol. The molecule has 0 fully saturated rings. The molecule has 0 aliphatic carbocycles. The van der Waals surface area contributed by atoms with Gasteiger partial charge in [0.25, 0.3) is 5.91 Å². The van der Waals surface area contributed by atoms with Crippen LogP contribution < -0.4 is 5.32 Å². The van der Waals surface area contributed by atoms with Crippen molar-refractivity contribution >= 4 is 17.8 Å². The van der Waals surface area contributed by atoms with E-state index in [0.717, 1.165) is 5.56 Å². The van der Waals surface area contributed by atoms with E-state index in [1.165, 1.54) is 17.0 Å². The normalized spacial score (nSPS) is 11.6. The molecule has 0 saturated carbocycles. The van der Waals surface area contributed by atoms with Crippen LogP contribution in [0.25, 0.3) is 0 Å². The number of ether oxygens (including phenoxy) is 1. The number of nitrogens with one attached hydrogen (secondary N) is 1. The van der Waals surface area contributed by atoms with Crippen molar-refractivity contribution in [2.75, 3.05) is 13.7 Å². The van der Waals surface area contributed by atoms with E-state index in [2.05, 4.69) is 5.32 Å². The standard InChI is InChI=1S/C23H27FN2O4/c1-16(2)22(25-20(27)13-17-8-5-4-6-9-17)23(29)30-15-21(28)26(3)14-18-10-7-11-19(24)12-18/h4-12,16,22H,13-15H2,1-3H3,(H,25,27). The number of benzene rings is 2. The van der Waals surface area contributed by atoms with Crippen molar-refractivity contribution < 1.29 is 23.5 Å². The molecule has 2 aromatic carbocycles. The Morgan fingerprint density at radius 2 is 1.70 bits per heavy atom. The Hall–Kier alpha value is -3.22. The third-order valence-corrected chi connectivity index (χ3v) is 4.52. The van der Waals surface area contributed by atoms with Gasteiger partial charge in [0.15, 0.2) is 6.61 Å². The molecule has 1 N–H and O–H groups in total. The maximum Gasteiger partial charge on any atom is 0.329 e. The lowest BCUT2D eigenvalue weighted by atomic mass is 10.0. The highest BCUT2D eigenvalue weighted by Crippen LogP contribution is 2.08. The van der Waals surface area contributed by atoms with Crippen molar-refractivity contribution in [3.63, 3.8) is 0 Å². The van der Waals surface area contributed by atoms with Gasteiger partial charge in [-0.3, -0.25) is 9.59 Å². The minimum absolute atomic E-state index is 0.145. The lowest BCUT2D eigenvalue weighted by molar-refractivity contribution is -0.155. The molecule has 6 nitrogen and oxygen atoms in total. The number of halogens is 1. The predicted molar refractivity (Wildman–Crippen MR) is 111 cm³/mol. The van der Waals surface area contributed by atoms with Gasteiger partial charge in [0.05, 0.1) is 6.42 Å². The molecular formula is C23H27FN2O4. The van der Waals surface area contributed by atoms with Crippen LogP contribution in [0.1, 0.15) is 25.0 Å². The van der Waals surface area contributed by atoms with E-state index in [4.69, 9.17) is 4.74 Å². The Bertz CT molecular complexity index is 871. The monoisotopic (exact) mass is 414 g/mol. The van der Waals surface area contributed by atoms with Gasteiger partial charge in [-0.05, 0) is 29.2 Å². The van der Waals surface area contributed by atoms with Gasteiger partial charge in [-0.2, -0.15) is 0 Å². The summed E-state index contributed by atoms with van der Waals surface area (Å²) in [4.78, 5) is 38.3. The van der Waals surface area contributed by atoms with Gasteiger partial charge in [0, 0.05) is 13.6 Å². The van der Waals surface area contributed by atoms with Crippen molar-refractivity contribution in [2.45, 2.75) is 32.9 Å². The summed E-state index contributed by atoms with van der Waals surface area (Å²) in [5, 5.41) is 2.68. The molecular weight excluding hydrogens is 387 g/mol. The summed E-state index contributed by atoms with van der Waals surface area (Å²) in [5.41, 5.74) is 1.46. The Balaban J connectivity index is 1.86. The van der Waals surface area contributed by atoms with Gasteiger partial charge in [0.1, 0.15) is 11.9 Å². The third kappa shape index (κ3) is 7.31. The Kier molecular flexibility index (Phi) is 8.53. The zero-order valence-electron chi connectivity index (χ0n) is 17.4. The first kappa shape index (κ1) is 23.1. The first-order chi connectivity index (χ1) is 14.3. The Morgan fingerprint density at radius 3 is 2.33 bits per heavy atom. The third-order valence-electron chi connectivity index (χ3n) is 4.52. The molecule has 0 aromatic heterocycles. The average Bonchev–Trinajstić information content (AvgIpc) is 2.70. The summed E-state index contributed by atoms with van der Waals surface area (Å²) >= 11 is 0. The van der Waals surface area contributed by atoms with Crippen molar-refractivity contribution in [3.05, 3.63) is 71.5 Å². The topological polar surface area (TPSA) is 75.7 Å². The molecule has 0 aliphatic heterocycles. The largest absolute Gasteiger partial charge is 0.454 e. The summed E-state index contributed by atoms with van der Waals surface area (Å²) in [6, 6.07) is 14.3. The van der Waals surface area contributed by atoms with E-state index in [1.807, 2.05) is 30.3 Å². The first-order valence-electron chi connectivity index (χ1n) is 9.74. The number of rotatable bonds is 9. The lowest BCUT2D eigenvalue weighted by Gasteiger charge is -2.22. The zero-order chi connectivity index (χ0) is 22.1. The number of nitrogens with zero attached hydrogens (tertiary/aromatic N) is 1. The molecule has 1 atom stereocenters. The quantitative estimate of drug-likeness (QED) is 0.640. The smallest absolute Gasteiger partial charge is 0.329 e. The second-order valence-corrected chi connectivity index (χ2v) is 7.44. The number of hydrogen-bond acceptors (Lipinski definition) is 4. The fourth-order valence-electron chi connectivity index (χ4n) is 2.83. The summed E-state index contributed by atoms with van der Waals surface area (Å²) in [6.45, 7) is 3.30. The molecule has 1 unspecified atom stereocenters. The number of carbonyl (C=O) groups is 3. The van der Waals surface area contributed by atoms with Crippen LogP contribution in [-0.2, 0) is 32.1 Å². The van der Waals surface area contributed by atoms with E-state index in [0.29, 0.717) is 5.56 Å².